The third-order valence-corrected chi connectivity index (χ3v) is 5.36. The van der Waals surface area contributed by atoms with Crippen molar-refractivity contribution < 1.29 is 9.47 Å². The highest BCUT2D eigenvalue weighted by Crippen LogP contribution is 2.49. The standard InChI is InChI=1S/C16H22N2O2/c1-19-12-2-3-15-13(8-12)14(17)9-16(20-15)5-7-18-6-4-11(16)10-18/h2-3,8,11,14H,4-7,9-10,17H2,1H3/t11?,14-,16?/m1/s1. The van der Waals surface area contributed by atoms with Crippen LogP contribution >= 0.6 is 0 Å². The molecule has 4 nitrogen and oxygen atoms in total. The normalized spacial score (nSPS) is 38.4. The Kier molecular flexibility index (Phi) is 2.72. The van der Waals surface area contributed by atoms with Crippen molar-refractivity contribution in [3.63, 3.8) is 0 Å². The van der Waals surface area contributed by atoms with E-state index in [-0.39, 0.29) is 11.6 Å². The van der Waals surface area contributed by atoms with Crippen molar-refractivity contribution in [2.45, 2.75) is 30.9 Å². The van der Waals surface area contributed by atoms with Crippen LogP contribution in [-0.2, 0) is 0 Å². The zero-order chi connectivity index (χ0) is 13.7. The molecule has 108 valence electrons. The van der Waals surface area contributed by atoms with Gasteiger partial charge in [-0.15, -0.1) is 0 Å². The van der Waals surface area contributed by atoms with Crippen LogP contribution in [-0.4, -0.2) is 37.2 Å². The number of nitrogens with zero attached hydrogens (tertiary/aromatic N) is 1. The van der Waals surface area contributed by atoms with E-state index in [1.54, 1.807) is 7.11 Å². The first kappa shape index (κ1) is 12.5. The minimum atomic E-state index is -0.0337. The van der Waals surface area contributed by atoms with E-state index in [0.29, 0.717) is 5.92 Å². The van der Waals surface area contributed by atoms with E-state index in [1.165, 1.54) is 19.5 Å². The first-order chi connectivity index (χ1) is 9.70. The lowest BCUT2D eigenvalue weighted by atomic mass is 9.75. The van der Waals surface area contributed by atoms with E-state index in [2.05, 4.69) is 4.90 Å². The van der Waals surface area contributed by atoms with Crippen LogP contribution in [0.15, 0.2) is 18.2 Å². The molecule has 0 radical (unpaired) electrons. The molecular weight excluding hydrogens is 252 g/mol. The molecule has 1 aromatic rings. The Morgan fingerprint density at radius 1 is 1.40 bits per heavy atom. The van der Waals surface area contributed by atoms with E-state index in [1.807, 2.05) is 18.2 Å². The van der Waals surface area contributed by atoms with Crippen LogP contribution in [0.2, 0.25) is 0 Å². The summed E-state index contributed by atoms with van der Waals surface area (Å²) in [7, 11) is 1.69. The summed E-state index contributed by atoms with van der Waals surface area (Å²) >= 11 is 0. The summed E-state index contributed by atoms with van der Waals surface area (Å²) in [6, 6.07) is 6.07. The van der Waals surface area contributed by atoms with Gasteiger partial charge in [0.25, 0.3) is 0 Å². The van der Waals surface area contributed by atoms with Crippen molar-refractivity contribution in [1.29, 1.82) is 0 Å². The molecule has 1 aromatic carbocycles. The molecule has 2 saturated heterocycles. The molecule has 20 heavy (non-hydrogen) atoms. The molecule has 4 heteroatoms. The lowest BCUT2D eigenvalue weighted by Crippen LogP contribution is -2.53. The van der Waals surface area contributed by atoms with Crippen LogP contribution in [0.1, 0.15) is 30.9 Å². The molecule has 0 saturated carbocycles. The molecule has 4 rings (SSSR count). The molecule has 2 N–H and O–H groups in total. The molecule has 0 aromatic heterocycles. The number of nitrogens with two attached hydrogens (primary N) is 1. The zero-order valence-electron chi connectivity index (χ0n) is 12.0. The Labute approximate surface area is 119 Å². The first-order valence-corrected chi connectivity index (χ1v) is 7.55. The molecule has 3 unspecified atom stereocenters. The molecule has 3 aliphatic heterocycles. The Hall–Kier alpha value is -1.26. The summed E-state index contributed by atoms with van der Waals surface area (Å²) in [6.45, 7) is 3.55. The Bertz CT molecular complexity index is 533. The number of methoxy groups -OCH3 is 1. The fourth-order valence-electron chi connectivity index (χ4n) is 4.20. The minimum Gasteiger partial charge on any atom is -0.497 e. The van der Waals surface area contributed by atoms with Crippen molar-refractivity contribution in [2.75, 3.05) is 26.7 Å². The smallest absolute Gasteiger partial charge is 0.125 e. The SMILES string of the molecule is COc1ccc2c(c1)[C@H](N)CC1(CCN3CCC1C3)O2. The van der Waals surface area contributed by atoms with Crippen molar-refractivity contribution in [3.05, 3.63) is 23.8 Å². The second kappa shape index (κ2) is 4.37. The van der Waals surface area contributed by atoms with Gasteiger partial charge in [0.15, 0.2) is 0 Å². The van der Waals surface area contributed by atoms with Crippen LogP contribution in [0.4, 0.5) is 0 Å². The summed E-state index contributed by atoms with van der Waals surface area (Å²) in [5.74, 6) is 2.46. The maximum absolute atomic E-state index is 6.50. The first-order valence-electron chi connectivity index (χ1n) is 7.55. The zero-order valence-corrected chi connectivity index (χ0v) is 12.0. The third kappa shape index (κ3) is 1.75. The maximum Gasteiger partial charge on any atom is 0.125 e. The third-order valence-electron chi connectivity index (χ3n) is 5.36. The second-order valence-corrected chi connectivity index (χ2v) is 6.42. The number of fused-ring (bicyclic) bond motifs is 4. The lowest BCUT2D eigenvalue weighted by Gasteiger charge is -2.47. The van der Waals surface area contributed by atoms with Gasteiger partial charge in [-0.1, -0.05) is 0 Å². The molecule has 3 aliphatic rings. The number of hydrogen-bond donors (Lipinski definition) is 1. The molecule has 0 amide bonds. The van der Waals surface area contributed by atoms with E-state index < -0.39 is 0 Å². The molecule has 2 fully saturated rings. The highest BCUT2D eigenvalue weighted by molar-refractivity contribution is 5.44. The summed E-state index contributed by atoms with van der Waals surface area (Å²) < 4.78 is 11.8. The van der Waals surface area contributed by atoms with E-state index in [0.717, 1.165) is 36.4 Å². The van der Waals surface area contributed by atoms with Crippen molar-refractivity contribution in [3.8, 4) is 11.5 Å². The summed E-state index contributed by atoms with van der Waals surface area (Å²) in [4.78, 5) is 2.55. The van der Waals surface area contributed by atoms with Gasteiger partial charge in [-0.3, -0.25) is 0 Å². The van der Waals surface area contributed by atoms with Crippen LogP contribution in [0.3, 0.4) is 0 Å². The topological polar surface area (TPSA) is 47.7 Å². The predicted octanol–water partition coefficient (Wildman–Crippen LogP) is 1.94. The molecule has 1 spiro atoms. The Morgan fingerprint density at radius 2 is 2.30 bits per heavy atom. The highest BCUT2D eigenvalue weighted by atomic mass is 16.5. The van der Waals surface area contributed by atoms with Gasteiger partial charge in [-0.2, -0.15) is 0 Å². The van der Waals surface area contributed by atoms with Crippen LogP contribution in [0.5, 0.6) is 11.5 Å². The lowest BCUT2D eigenvalue weighted by molar-refractivity contribution is -0.0440. The Morgan fingerprint density at radius 3 is 3.15 bits per heavy atom. The molecular formula is C16H22N2O2. The number of piperidine rings is 1. The number of ether oxygens (including phenoxy) is 2. The van der Waals surface area contributed by atoms with Gasteiger partial charge < -0.3 is 20.1 Å². The van der Waals surface area contributed by atoms with Crippen LogP contribution in [0.25, 0.3) is 0 Å². The molecule has 2 bridgehead atoms. The summed E-state index contributed by atoms with van der Waals surface area (Å²) in [5.41, 5.74) is 7.52. The van der Waals surface area contributed by atoms with E-state index in [4.69, 9.17) is 15.2 Å². The predicted molar refractivity (Wildman–Crippen MR) is 77.1 cm³/mol. The van der Waals surface area contributed by atoms with Gasteiger partial charge in [-0.05, 0) is 31.2 Å². The average Bonchev–Trinajstić information content (AvgIpc) is 2.89. The maximum atomic E-state index is 6.50. The van der Waals surface area contributed by atoms with Gasteiger partial charge in [0.05, 0.1) is 7.11 Å². The van der Waals surface area contributed by atoms with Crippen molar-refractivity contribution in [2.24, 2.45) is 11.7 Å². The molecule has 3 heterocycles. The monoisotopic (exact) mass is 274 g/mol. The highest BCUT2D eigenvalue weighted by Gasteiger charge is 2.51. The van der Waals surface area contributed by atoms with Gasteiger partial charge in [-0.25, -0.2) is 0 Å². The van der Waals surface area contributed by atoms with Gasteiger partial charge >= 0.3 is 0 Å². The average molecular weight is 274 g/mol. The summed E-state index contributed by atoms with van der Waals surface area (Å²) in [6.07, 6.45) is 3.29. The number of benzene rings is 1. The van der Waals surface area contributed by atoms with E-state index >= 15 is 0 Å². The number of rotatable bonds is 1. The summed E-state index contributed by atoms with van der Waals surface area (Å²) in [5, 5.41) is 0. The fourth-order valence-corrected chi connectivity index (χ4v) is 4.20. The number of hydrogen-bond acceptors (Lipinski definition) is 4. The van der Waals surface area contributed by atoms with Crippen LogP contribution < -0.4 is 15.2 Å². The molecule has 4 atom stereocenters. The Balaban J connectivity index is 1.70. The van der Waals surface area contributed by atoms with Gasteiger partial charge in [0.2, 0.25) is 0 Å². The second-order valence-electron chi connectivity index (χ2n) is 6.42. The largest absolute Gasteiger partial charge is 0.497 e. The molecule has 0 aliphatic carbocycles. The minimum absolute atomic E-state index is 0.0337. The van der Waals surface area contributed by atoms with Crippen molar-refractivity contribution >= 4 is 0 Å². The van der Waals surface area contributed by atoms with Gasteiger partial charge in [0.1, 0.15) is 17.1 Å². The van der Waals surface area contributed by atoms with Crippen molar-refractivity contribution in [1.82, 2.24) is 4.90 Å². The fraction of sp³-hybridized carbons (Fsp3) is 0.625. The van der Waals surface area contributed by atoms with E-state index in [9.17, 15) is 0 Å². The van der Waals surface area contributed by atoms with Gasteiger partial charge in [0, 0.05) is 43.5 Å². The quantitative estimate of drug-likeness (QED) is 0.850. The van der Waals surface area contributed by atoms with Crippen LogP contribution in [0, 0.1) is 5.92 Å².